The van der Waals surface area contributed by atoms with Gasteiger partial charge in [-0.1, -0.05) is 19.1 Å². The third-order valence-electron chi connectivity index (χ3n) is 4.20. The molecule has 6 heteroatoms. The molecule has 3 rings (SSSR count). The lowest BCUT2D eigenvalue weighted by Crippen LogP contribution is -2.31. The first kappa shape index (κ1) is 18.5. The van der Waals surface area contributed by atoms with Gasteiger partial charge in [-0.25, -0.2) is 14.4 Å². The third kappa shape index (κ3) is 4.88. The fourth-order valence-corrected chi connectivity index (χ4v) is 2.49. The van der Waals surface area contributed by atoms with Crippen molar-refractivity contribution in [1.29, 1.82) is 0 Å². The summed E-state index contributed by atoms with van der Waals surface area (Å²) in [5.41, 5.74) is 2.69. The minimum absolute atomic E-state index is 0.0914. The Bertz CT molecular complexity index is 927. The quantitative estimate of drug-likeness (QED) is 0.673. The molecule has 2 aromatic carbocycles. The Morgan fingerprint density at radius 1 is 1.11 bits per heavy atom. The molecule has 2 N–H and O–H groups in total. The Hall–Kier alpha value is -3.28. The van der Waals surface area contributed by atoms with Crippen LogP contribution in [-0.2, 0) is 0 Å². The summed E-state index contributed by atoms with van der Waals surface area (Å²) in [6.07, 6.45) is 2.31. The molecular formula is C21H21FN4O. The van der Waals surface area contributed by atoms with Gasteiger partial charge in [0, 0.05) is 28.9 Å². The monoisotopic (exact) mass is 364 g/mol. The van der Waals surface area contributed by atoms with Gasteiger partial charge in [0.15, 0.2) is 0 Å². The summed E-state index contributed by atoms with van der Waals surface area (Å²) in [5.74, 6) is 0.180. The van der Waals surface area contributed by atoms with Crippen molar-refractivity contribution in [3.8, 4) is 11.3 Å². The van der Waals surface area contributed by atoms with Crippen molar-refractivity contribution in [2.45, 2.75) is 26.3 Å². The maximum absolute atomic E-state index is 13.4. The van der Waals surface area contributed by atoms with Crippen LogP contribution in [-0.4, -0.2) is 21.9 Å². The highest BCUT2D eigenvalue weighted by atomic mass is 19.1. The van der Waals surface area contributed by atoms with Crippen molar-refractivity contribution in [3.05, 3.63) is 72.3 Å². The van der Waals surface area contributed by atoms with Crippen molar-refractivity contribution < 1.29 is 9.18 Å². The van der Waals surface area contributed by atoms with Gasteiger partial charge in [-0.3, -0.25) is 4.79 Å². The summed E-state index contributed by atoms with van der Waals surface area (Å²) in [5, 5.41) is 6.10. The summed E-state index contributed by atoms with van der Waals surface area (Å²) >= 11 is 0. The zero-order valence-electron chi connectivity index (χ0n) is 15.2. The molecule has 1 atom stereocenters. The van der Waals surface area contributed by atoms with Crippen molar-refractivity contribution in [2.75, 3.05) is 5.32 Å². The molecule has 0 aliphatic rings. The molecule has 0 saturated heterocycles. The van der Waals surface area contributed by atoms with E-state index >= 15 is 0 Å². The van der Waals surface area contributed by atoms with Crippen LogP contribution in [0.2, 0.25) is 0 Å². The number of benzene rings is 2. The van der Waals surface area contributed by atoms with Gasteiger partial charge in [0.2, 0.25) is 0 Å². The molecule has 5 nitrogen and oxygen atoms in total. The number of carbonyl (C=O) groups is 1. The van der Waals surface area contributed by atoms with Gasteiger partial charge in [0.05, 0.1) is 5.69 Å². The van der Waals surface area contributed by atoms with Crippen molar-refractivity contribution >= 4 is 17.4 Å². The number of nitrogens with zero attached hydrogens (tertiary/aromatic N) is 2. The van der Waals surface area contributed by atoms with Crippen LogP contribution in [0.4, 0.5) is 15.9 Å². The first-order valence-electron chi connectivity index (χ1n) is 8.81. The molecule has 0 bridgehead atoms. The lowest BCUT2D eigenvalue weighted by Gasteiger charge is -2.12. The lowest BCUT2D eigenvalue weighted by molar-refractivity contribution is 0.0939. The Balaban J connectivity index is 1.72. The van der Waals surface area contributed by atoms with Gasteiger partial charge < -0.3 is 10.6 Å². The first-order valence-corrected chi connectivity index (χ1v) is 8.81. The van der Waals surface area contributed by atoms with Crippen molar-refractivity contribution in [2.24, 2.45) is 0 Å². The second-order valence-electron chi connectivity index (χ2n) is 6.28. The number of hydrogen-bond donors (Lipinski definition) is 2. The molecule has 27 heavy (non-hydrogen) atoms. The van der Waals surface area contributed by atoms with Gasteiger partial charge in [-0.15, -0.1) is 0 Å². The van der Waals surface area contributed by atoms with Gasteiger partial charge in [-0.2, -0.15) is 0 Å². The molecule has 1 aromatic heterocycles. The van der Waals surface area contributed by atoms with Crippen LogP contribution >= 0.6 is 0 Å². The summed E-state index contributed by atoms with van der Waals surface area (Å²) in [4.78, 5) is 20.5. The summed E-state index contributed by atoms with van der Waals surface area (Å²) < 4.78 is 13.4. The van der Waals surface area contributed by atoms with Gasteiger partial charge in [0.1, 0.15) is 18.0 Å². The molecule has 3 aromatic rings. The molecule has 1 heterocycles. The Morgan fingerprint density at radius 2 is 1.89 bits per heavy atom. The number of anilines is 2. The van der Waals surface area contributed by atoms with Crippen molar-refractivity contribution in [3.63, 3.8) is 0 Å². The molecular weight excluding hydrogens is 343 g/mol. The predicted molar refractivity (Wildman–Crippen MR) is 104 cm³/mol. The molecule has 138 valence electrons. The van der Waals surface area contributed by atoms with E-state index in [4.69, 9.17) is 0 Å². The fourth-order valence-electron chi connectivity index (χ4n) is 2.49. The Labute approximate surface area is 157 Å². The minimum atomic E-state index is -0.313. The zero-order valence-corrected chi connectivity index (χ0v) is 15.2. The number of aromatic nitrogens is 2. The van der Waals surface area contributed by atoms with E-state index in [2.05, 4.69) is 20.6 Å². The highest BCUT2D eigenvalue weighted by molar-refractivity contribution is 5.94. The second-order valence-corrected chi connectivity index (χ2v) is 6.28. The topological polar surface area (TPSA) is 66.9 Å². The van der Waals surface area contributed by atoms with E-state index < -0.39 is 0 Å². The number of halogens is 1. The smallest absolute Gasteiger partial charge is 0.251 e. The number of hydrogen-bond acceptors (Lipinski definition) is 4. The first-order chi connectivity index (χ1) is 13.0. The average Bonchev–Trinajstić information content (AvgIpc) is 2.68. The van der Waals surface area contributed by atoms with Crippen LogP contribution < -0.4 is 10.6 Å². The average molecular weight is 364 g/mol. The molecule has 0 aliphatic carbocycles. The fraction of sp³-hybridized carbons (Fsp3) is 0.190. The standard InChI is InChI=1S/C21H21FN4O/c1-3-14(2)25-21(27)15-7-9-18(10-8-15)26-20-12-19(23-13-24-20)16-5-4-6-17(22)11-16/h4-14H,3H2,1-2H3,(H,25,27)(H,23,24,26)/t14-/m1/s1. The van der Waals surface area contributed by atoms with E-state index in [9.17, 15) is 9.18 Å². The van der Waals surface area contributed by atoms with Crippen LogP contribution in [0.5, 0.6) is 0 Å². The highest BCUT2D eigenvalue weighted by Crippen LogP contribution is 2.22. The Morgan fingerprint density at radius 3 is 2.59 bits per heavy atom. The predicted octanol–water partition coefficient (Wildman–Crippen LogP) is 4.55. The largest absolute Gasteiger partial charge is 0.350 e. The zero-order chi connectivity index (χ0) is 19.2. The van der Waals surface area contributed by atoms with E-state index in [-0.39, 0.29) is 17.8 Å². The van der Waals surface area contributed by atoms with Gasteiger partial charge in [0.25, 0.3) is 5.91 Å². The second kappa shape index (κ2) is 8.40. The van der Waals surface area contributed by atoms with Crippen molar-refractivity contribution in [1.82, 2.24) is 15.3 Å². The normalized spacial score (nSPS) is 11.7. The molecule has 0 unspecified atom stereocenters. The highest BCUT2D eigenvalue weighted by Gasteiger charge is 2.09. The SMILES string of the molecule is CC[C@@H](C)NC(=O)c1ccc(Nc2cc(-c3cccc(F)c3)ncn2)cc1. The van der Waals surface area contributed by atoms with E-state index in [1.807, 2.05) is 26.0 Å². The number of amides is 1. The summed E-state index contributed by atoms with van der Waals surface area (Å²) in [7, 11) is 0. The minimum Gasteiger partial charge on any atom is -0.350 e. The van der Waals surface area contributed by atoms with Crippen LogP contribution in [0, 0.1) is 5.82 Å². The number of nitrogens with one attached hydrogen (secondary N) is 2. The Kier molecular flexibility index (Phi) is 5.76. The van der Waals surface area contributed by atoms with Gasteiger partial charge >= 0.3 is 0 Å². The molecule has 0 aliphatic heterocycles. The summed E-state index contributed by atoms with van der Waals surface area (Å²) in [6, 6.07) is 15.3. The summed E-state index contributed by atoms with van der Waals surface area (Å²) in [6.45, 7) is 4.00. The third-order valence-corrected chi connectivity index (χ3v) is 4.20. The molecule has 1 amide bonds. The van der Waals surface area contributed by atoms with Crippen LogP contribution in [0.3, 0.4) is 0 Å². The van der Waals surface area contributed by atoms with Gasteiger partial charge in [-0.05, 0) is 49.7 Å². The van der Waals surface area contributed by atoms with E-state index in [0.717, 1.165) is 12.1 Å². The van der Waals surface area contributed by atoms with Crippen LogP contribution in [0.25, 0.3) is 11.3 Å². The molecule has 0 saturated carbocycles. The molecule has 0 fully saturated rings. The maximum Gasteiger partial charge on any atom is 0.251 e. The van der Waals surface area contributed by atoms with E-state index in [1.54, 1.807) is 30.3 Å². The molecule has 0 radical (unpaired) electrons. The number of carbonyl (C=O) groups excluding carboxylic acids is 1. The van der Waals surface area contributed by atoms with Crippen LogP contribution in [0.1, 0.15) is 30.6 Å². The van der Waals surface area contributed by atoms with E-state index in [1.165, 1.54) is 18.5 Å². The molecule has 0 spiro atoms. The lowest BCUT2D eigenvalue weighted by atomic mass is 10.1. The van der Waals surface area contributed by atoms with E-state index in [0.29, 0.717) is 22.6 Å². The van der Waals surface area contributed by atoms with Crippen LogP contribution in [0.15, 0.2) is 60.9 Å². The number of rotatable bonds is 6. The maximum atomic E-state index is 13.4.